The van der Waals surface area contributed by atoms with Gasteiger partial charge in [0.05, 0.1) is 18.9 Å². The molecular weight excluding hydrogens is 334 g/mol. The van der Waals surface area contributed by atoms with E-state index < -0.39 is 5.91 Å². The Morgan fingerprint density at radius 3 is 2.54 bits per heavy atom. The first kappa shape index (κ1) is 20.1. The maximum Gasteiger partial charge on any atom is 0.306 e. The lowest BCUT2D eigenvalue weighted by Gasteiger charge is -2.14. The number of anilines is 1. The monoisotopic (exact) mass is 363 g/mol. The highest BCUT2D eigenvalue weighted by Crippen LogP contribution is 2.30. The fourth-order valence-electron chi connectivity index (χ4n) is 3.17. The van der Waals surface area contributed by atoms with E-state index in [9.17, 15) is 9.59 Å². The zero-order chi connectivity index (χ0) is 18.8. The molecule has 0 saturated heterocycles. The molecule has 1 saturated carbocycles. The first-order valence-electron chi connectivity index (χ1n) is 9.47. The molecule has 0 unspecified atom stereocenters. The molecule has 1 aliphatic rings. The third-order valence-corrected chi connectivity index (χ3v) is 4.43. The smallest absolute Gasteiger partial charge is 0.306 e. The van der Waals surface area contributed by atoms with Crippen molar-refractivity contribution < 1.29 is 23.8 Å². The van der Waals surface area contributed by atoms with Gasteiger partial charge in [0.25, 0.3) is 5.91 Å². The Labute approximate surface area is 155 Å². The standard InChI is InChI=1S/C20H29NO5/c1-3-24-16-10-11-18(25-4-2)17(13-16)21-19(22)14-26-20(23)12-9-15-7-5-6-8-15/h10-11,13,15H,3-9,12,14H2,1-2H3,(H,21,22). The van der Waals surface area contributed by atoms with Gasteiger partial charge < -0.3 is 19.5 Å². The van der Waals surface area contributed by atoms with Crippen LogP contribution >= 0.6 is 0 Å². The summed E-state index contributed by atoms with van der Waals surface area (Å²) < 4.78 is 16.1. The largest absolute Gasteiger partial charge is 0.494 e. The van der Waals surface area contributed by atoms with Crippen molar-refractivity contribution in [1.82, 2.24) is 0 Å². The van der Waals surface area contributed by atoms with E-state index in [1.807, 2.05) is 13.8 Å². The molecule has 0 aromatic heterocycles. The van der Waals surface area contributed by atoms with E-state index >= 15 is 0 Å². The predicted molar refractivity (Wildman–Crippen MR) is 99.6 cm³/mol. The van der Waals surface area contributed by atoms with E-state index in [-0.39, 0.29) is 12.6 Å². The molecule has 1 amide bonds. The first-order valence-corrected chi connectivity index (χ1v) is 9.47. The number of hydrogen-bond donors (Lipinski definition) is 1. The summed E-state index contributed by atoms with van der Waals surface area (Å²) in [5, 5.41) is 2.73. The van der Waals surface area contributed by atoms with Gasteiger partial charge in [-0.05, 0) is 38.3 Å². The fraction of sp³-hybridized carbons (Fsp3) is 0.600. The lowest BCUT2D eigenvalue weighted by Crippen LogP contribution is -2.21. The van der Waals surface area contributed by atoms with Gasteiger partial charge in [-0.25, -0.2) is 0 Å². The van der Waals surface area contributed by atoms with Gasteiger partial charge in [0.2, 0.25) is 0 Å². The number of rotatable bonds is 10. The summed E-state index contributed by atoms with van der Waals surface area (Å²) in [5.41, 5.74) is 0.504. The third kappa shape index (κ3) is 6.58. The molecule has 6 nitrogen and oxygen atoms in total. The summed E-state index contributed by atoms with van der Waals surface area (Å²) in [7, 11) is 0. The van der Waals surface area contributed by atoms with Crippen LogP contribution in [0.3, 0.4) is 0 Å². The van der Waals surface area contributed by atoms with Gasteiger partial charge >= 0.3 is 5.97 Å². The van der Waals surface area contributed by atoms with E-state index in [2.05, 4.69) is 5.32 Å². The van der Waals surface area contributed by atoms with Gasteiger partial charge in [-0.3, -0.25) is 9.59 Å². The SMILES string of the molecule is CCOc1ccc(OCC)c(NC(=O)COC(=O)CCC2CCCC2)c1. The Kier molecular flexibility index (Phi) is 8.25. The summed E-state index contributed by atoms with van der Waals surface area (Å²) in [6.45, 7) is 4.47. The van der Waals surface area contributed by atoms with Gasteiger partial charge in [0.15, 0.2) is 6.61 Å². The number of carbonyl (C=O) groups excluding carboxylic acids is 2. The number of esters is 1. The van der Waals surface area contributed by atoms with E-state index in [1.54, 1.807) is 18.2 Å². The highest BCUT2D eigenvalue weighted by Gasteiger charge is 2.17. The molecule has 0 bridgehead atoms. The second kappa shape index (κ2) is 10.7. The van der Waals surface area contributed by atoms with Gasteiger partial charge in [0, 0.05) is 12.5 Å². The molecule has 0 radical (unpaired) electrons. The summed E-state index contributed by atoms with van der Waals surface area (Å²) in [5.74, 6) is 1.11. The second-order valence-corrected chi connectivity index (χ2v) is 6.42. The van der Waals surface area contributed by atoms with Crippen molar-refractivity contribution in [3.8, 4) is 11.5 Å². The summed E-state index contributed by atoms with van der Waals surface area (Å²) >= 11 is 0. The maximum absolute atomic E-state index is 12.1. The van der Waals surface area contributed by atoms with E-state index in [1.165, 1.54) is 25.7 Å². The Bertz CT molecular complexity index is 596. The van der Waals surface area contributed by atoms with Crippen molar-refractivity contribution in [3.05, 3.63) is 18.2 Å². The number of ether oxygens (including phenoxy) is 3. The van der Waals surface area contributed by atoms with Crippen molar-refractivity contribution in [2.75, 3.05) is 25.1 Å². The van der Waals surface area contributed by atoms with Crippen LogP contribution in [0.2, 0.25) is 0 Å². The number of benzene rings is 1. The Morgan fingerprint density at radius 2 is 1.85 bits per heavy atom. The van der Waals surface area contributed by atoms with E-state index in [4.69, 9.17) is 14.2 Å². The molecule has 1 aliphatic carbocycles. The molecule has 0 aliphatic heterocycles. The molecule has 1 N–H and O–H groups in total. The van der Waals surface area contributed by atoms with Crippen LogP contribution in [0.5, 0.6) is 11.5 Å². The Morgan fingerprint density at radius 1 is 1.12 bits per heavy atom. The molecular formula is C20H29NO5. The summed E-state index contributed by atoms with van der Waals surface area (Å²) in [4.78, 5) is 23.9. The summed E-state index contributed by atoms with van der Waals surface area (Å²) in [6, 6.07) is 5.24. The normalized spacial score (nSPS) is 14.1. The van der Waals surface area contributed by atoms with Crippen LogP contribution in [0.25, 0.3) is 0 Å². The van der Waals surface area contributed by atoms with Crippen molar-refractivity contribution >= 4 is 17.6 Å². The lowest BCUT2D eigenvalue weighted by molar-refractivity contribution is -0.147. The van der Waals surface area contributed by atoms with Crippen LogP contribution in [-0.4, -0.2) is 31.7 Å². The highest BCUT2D eigenvalue weighted by atomic mass is 16.5. The van der Waals surface area contributed by atoms with Crippen LogP contribution in [-0.2, 0) is 14.3 Å². The number of nitrogens with one attached hydrogen (secondary N) is 1. The van der Waals surface area contributed by atoms with Crippen molar-refractivity contribution in [2.45, 2.75) is 52.4 Å². The fourth-order valence-corrected chi connectivity index (χ4v) is 3.17. The van der Waals surface area contributed by atoms with Crippen LogP contribution in [0.1, 0.15) is 52.4 Å². The molecule has 1 aromatic rings. The maximum atomic E-state index is 12.1. The van der Waals surface area contributed by atoms with E-state index in [0.717, 1.165) is 6.42 Å². The third-order valence-electron chi connectivity index (χ3n) is 4.43. The molecule has 26 heavy (non-hydrogen) atoms. The number of amides is 1. The van der Waals surface area contributed by atoms with E-state index in [0.29, 0.717) is 42.7 Å². The van der Waals surface area contributed by atoms with Crippen LogP contribution in [0, 0.1) is 5.92 Å². The average Bonchev–Trinajstić information content (AvgIpc) is 3.14. The zero-order valence-electron chi connectivity index (χ0n) is 15.7. The highest BCUT2D eigenvalue weighted by molar-refractivity contribution is 5.94. The molecule has 0 heterocycles. The van der Waals surface area contributed by atoms with Crippen molar-refractivity contribution in [3.63, 3.8) is 0 Å². The number of carbonyl (C=O) groups is 2. The Balaban J connectivity index is 1.81. The van der Waals surface area contributed by atoms with Gasteiger partial charge in [0.1, 0.15) is 11.5 Å². The van der Waals surface area contributed by atoms with Gasteiger partial charge in [-0.1, -0.05) is 25.7 Å². The van der Waals surface area contributed by atoms with Gasteiger partial charge in [-0.15, -0.1) is 0 Å². The molecule has 0 atom stereocenters. The molecule has 6 heteroatoms. The quantitative estimate of drug-likeness (QED) is 0.638. The van der Waals surface area contributed by atoms with Crippen LogP contribution in [0.4, 0.5) is 5.69 Å². The molecule has 144 valence electrons. The zero-order valence-corrected chi connectivity index (χ0v) is 15.7. The first-order chi connectivity index (χ1) is 12.6. The minimum atomic E-state index is -0.395. The van der Waals surface area contributed by atoms with Crippen molar-refractivity contribution in [1.29, 1.82) is 0 Å². The Hall–Kier alpha value is -2.24. The summed E-state index contributed by atoms with van der Waals surface area (Å²) in [6.07, 6.45) is 6.14. The van der Waals surface area contributed by atoms with Crippen LogP contribution in [0.15, 0.2) is 18.2 Å². The predicted octanol–water partition coefficient (Wildman–Crippen LogP) is 3.94. The number of hydrogen-bond acceptors (Lipinski definition) is 5. The topological polar surface area (TPSA) is 73.9 Å². The van der Waals surface area contributed by atoms with Gasteiger partial charge in [-0.2, -0.15) is 0 Å². The van der Waals surface area contributed by atoms with Crippen molar-refractivity contribution in [2.24, 2.45) is 5.92 Å². The molecule has 1 fully saturated rings. The molecule has 0 spiro atoms. The van der Waals surface area contributed by atoms with Crippen LogP contribution < -0.4 is 14.8 Å². The molecule has 2 rings (SSSR count). The second-order valence-electron chi connectivity index (χ2n) is 6.42. The minimum absolute atomic E-state index is 0.298. The minimum Gasteiger partial charge on any atom is -0.494 e. The molecule has 1 aromatic carbocycles. The average molecular weight is 363 g/mol. The lowest BCUT2D eigenvalue weighted by atomic mass is 10.0.